The Morgan fingerprint density at radius 2 is 1.92 bits per heavy atom. The van der Waals surface area contributed by atoms with Gasteiger partial charge in [0.05, 0.1) is 11.8 Å². The molecule has 2 fully saturated rings. The summed E-state index contributed by atoms with van der Waals surface area (Å²) in [6, 6.07) is 0. The number of nitrogens with zero attached hydrogens (tertiary/aromatic N) is 1. The van der Waals surface area contributed by atoms with Gasteiger partial charge < -0.3 is 4.74 Å². The van der Waals surface area contributed by atoms with Crippen LogP contribution in [0, 0.1) is 11.3 Å². The predicted molar refractivity (Wildman–Crippen MR) is 89.1 cm³/mol. The normalized spacial score (nSPS) is 27.5. The second kappa shape index (κ2) is 6.48. The number of hydrogen-bond donors (Lipinski definition) is 1. The number of nitrogens with one attached hydrogen (secondary N) is 1. The van der Waals surface area contributed by atoms with Gasteiger partial charge in [0.2, 0.25) is 5.91 Å². The zero-order chi connectivity index (χ0) is 18.2. The first kappa shape index (κ1) is 18.9. The number of amides is 1. The summed E-state index contributed by atoms with van der Waals surface area (Å²) in [4.78, 5) is 24.7. The van der Waals surface area contributed by atoms with Gasteiger partial charge in [-0.1, -0.05) is 6.08 Å². The third kappa shape index (κ3) is 4.16. The van der Waals surface area contributed by atoms with Gasteiger partial charge in [0.15, 0.2) is 0 Å². The SMILES string of the molecule is C=C[C@@H]1C[C@]1(CC(=O)OC(C)(C)C)C(=O)NS(=O)(=O)N1CCCC1. The zero-order valence-electron chi connectivity index (χ0n) is 14.5. The predicted octanol–water partition coefficient (Wildman–Crippen LogP) is 1.37. The van der Waals surface area contributed by atoms with Crippen LogP contribution in [0.25, 0.3) is 0 Å². The minimum atomic E-state index is -3.86. The van der Waals surface area contributed by atoms with Crippen LogP contribution in [0.15, 0.2) is 12.7 Å². The lowest BCUT2D eigenvalue weighted by Crippen LogP contribution is -2.46. The molecule has 136 valence electrons. The third-order valence-electron chi connectivity index (χ3n) is 4.38. The van der Waals surface area contributed by atoms with E-state index in [0.717, 1.165) is 12.8 Å². The fraction of sp³-hybridized carbons (Fsp3) is 0.750. The quantitative estimate of drug-likeness (QED) is 0.572. The molecular weight excluding hydrogens is 332 g/mol. The van der Waals surface area contributed by atoms with Crippen LogP contribution in [0.5, 0.6) is 0 Å². The summed E-state index contributed by atoms with van der Waals surface area (Å²) in [6.45, 7) is 9.71. The van der Waals surface area contributed by atoms with Crippen molar-refractivity contribution in [3.63, 3.8) is 0 Å². The number of rotatable bonds is 6. The summed E-state index contributed by atoms with van der Waals surface area (Å²) >= 11 is 0. The summed E-state index contributed by atoms with van der Waals surface area (Å²) in [6.07, 6.45) is 3.41. The van der Waals surface area contributed by atoms with E-state index >= 15 is 0 Å². The highest BCUT2D eigenvalue weighted by molar-refractivity contribution is 7.87. The number of hydrogen-bond acceptors (Lipinski definition) is 5. The molecular formula is C16H26N2O5S. The van der Waals surface area contributed by atoms with Crippen molar-refractivity contribution in [3.05, 3.63) is 12.7 Å². The Morgan fingerprint density at radius 3 is 2.38 bits per heavy atom. The van der Waals surface area contributed by atoms with E-state index in [1.54, 1.807) is 26.8 Å². The Labute approximate surface area is 143 Å². The lowest BCUT2D eigenvalue weighted by atomic mass is 9.98. The average Bonchev–Trinajstić information content (AvgIpc) is 2.87. The maximum Gasteiger partial charge on any atom is 0.307 e. The second-order valence-corrected chi connectivity index (χ2v) is 9.18. The Hall–Kier alpha value is -1.41. The van der Waals surface area contributed by atoms with Gasteiger partial charge in [-0.05, 0) is 46.0 Å². The van der Waals surface area contributed by atoms with E-state index in [1.165, 1.54) is 4.31 Å². The highest BCUT2D eigenvalue weighted by Gasteiger charge is 2.60. The molecule has 1 saturated carbocycles. The van der Waals surface area contributed by atoms with E-state index in [1.807, 2.05) is 0 Å². The molecule has 2 aliphatic rings. The Bertz CT molecular complexity index is 631. The molecule has 1 saturated heterocycles. The van der Waals surface area contributed by atoms with Crippen molar-refractivity contribution in [3.8, 4) is 0 Å². The van der Waals surface area contributed by atoms with Crippen LogP contribution in [-0.2, 0) is 24.5 Å². The van der Waals surface area contributed by atoms with Crippen LogP contribution >= 0.6 is 0 Å². The Balaban J connectivity index is 2.08. The smallest absolute Gasteiger partial charge is 0.307 e. The number of carbonyl (C=O) groups is 2. The fourth-order valence-electron chi connectivity index (χ4n) is 3.03. The molecule has 1 amide bonds. The molecule has 1 N–H and O–H groups in total. The van der Waals surface area contributed by atoms with Crippen molar-refractivity contribution < 1.29 is 22.7 Å². The highest BCUT2D eigenvalue weighted by atomic mass is 32.2. The van der Waals surface area contributed by atoms with Crippen molar-refractivity contribution in [2.75, 3.05) is 13.1 Å². The second-order valence-electron chi connectivity index (χ2n) is 7.51. The van der Waals surface area contributed by atoms with Gasteiger partial charge in [-0.15, -0.1) is 6.58 Å². The monoisotopic (exact) mass is 358 g/mol. The van der Waals surface area contributed by atoms with E-state index < -0.39 is 33.1 Å². The number of ether oxygens (including phenoxy) is 1. The molecule has 0 bridgehead atoms. The summed E-state index contributed by atoms with van der Waals surface area (Å²) in [5.74, 6) is -1.38. The van der Waals surface area contributed by atoms with Gasteiger partial charge >= 0.3 is 16.2 Å². The molecule has 7 nitrogen and oxygen atoms in total. The highest BCUT2D eigenvalue weighted by Crippen LogP contribution is 2.56. The molecule has 1 aliphatic heterocycles. The summed E-state index contributed by atoms with van der Waals surface area (Å²) in [5, 5.41) is 0. The summed E-state index contributed by atoms with van der Waals surface area (Å²) < 4.78 is 33.2. The number of esters is 1. The van der Waals surface area contributed by atoms with Crippen molar-refractivity contribution in [2.45, 2.75) is 52.1 Å². The maximum absolute atomic E-state index is 12.6. The maximum atomic E-state index is 12.6. The molecule has 0 aromatic carbocycles. The van der Waals surface area contributed by atoms with Crippen LogP contribution < -0.4 is 4.72 Å². The van der Waals surface area contributed by atoms with E-state index in [4.69, 9.17) is 4.74 Å². The molecule has 8 heteroatoms. The minimum absolute atomic E-state index is 0.150. The van der Waals surface area contributed by atoms with Gasteiger partial charge in [0.25, 0.3) is 0 Å². The molecule has 1 aliphatic carbocycles. The van der Waals surface area contributed by atoms with Crippen LogP contribution in [0.1, 0.15) is 46.5 Å². The number of allylic oxidation sites excluding steroid dienone is 1. The van der Waals surface area contributed by atoms with Gasteiger partial charge in [-0.25, -0.2) is 4.72 Å². The van der Waals surface area contributed by atoms with Crippen LogP contribution in [0.2, 0.25) is 0 Å². The zero-order valence-corrected chi connectivity index (χ0v) is 15.3. The fourth-order valence-corrected chi connectivity index (χ4v) is 4.34. The molecule has 0 radical (unpaired) electrons. The average molecular weight is 358 g/mol. The Kier molecular flexibility index (Phi) is 5.11. The van der Waals surface area contributed by atoms with Gasteiger partial charge in [-0.2, -0.15) is 12.7 Å². The largest absolute Gasteiger partial charge is 0.460 e. The first-order chi connectivity index (χ1) is 11.0. The first-order valence-electron chi connectivity index (χ1n) is 8.17. The molecule has 0 aromatic heterocycles. The molecule has 24 heavy (non-hydrogen) atoms. The van der Waals surface area contributed by atoms with Crippen LogP contribution in [-0.4, -0.2) is 43.3 Å². The van der Waals surface area contributed by atoms with Crippen molar-refractivity contribution in [1.29, 1.82) is 0 Å². The standard InChI is InChI=1S/C16H26N2O5S/c1-5-12-10-16(12,11-13(19)23-15(2,3)4)14(20)17-24(21,22)18-8-6-7-9-18/h5,12H,1,6-11H2,2-4H3,(H,17,20)/t12-,16-/m1/s1. The molecule has 0 aromatic rings. The van der Waals surface area contributed by atoms with E-state index in [0.29, 0.717) is 19.5 Å². The van der Waals surface area contributed by atoms with E-state index in [2.05, 4.69) is 11.3 Å². The van der Waals surface area contributed by atoms with Gasteiger partial charge in [-0.3, -0.25) is 9.59 Å². The molecule has 0 spiro atoms. The van der Waals surface area contributed by atoms with E-state index in [-0.39, 0.29) is 12.3 Å². The third-order valence-corrected chi connectivity index (χ3v) is 5.87. The minimum Gasteiger partial charge on any atom is -0.460 e. The van der Waals surface area contributed by atoms with Crippen molar-refractivity contribution in [1.82, 2.24) is 9.03 Å². The molecule has 2 atom stereocenters. The topological polar surface area (TPSA) is 92.8 Å². The molecule has 0 unspecified atom stereocenters. The first-order valence-corrected chi connectivity index (χ1v) is 9.61. The summed E-state index contributed by atoms with van der Waals surface area (Å²) in [5.41, 5.74) is -1.73. The van der Waals surface area contributed by atoms with Crippen molar-refractivity contribution >= 4 is 22.1 Å². The van der Waals surface area contributed by atoms with E-state index in [9.17, 15) is 18.0 Å². The molecule has 1 heterocycles. The van der Waals surface area contributed by atoms with Crippen LogP contribution in [0.4, 0.5) is 0 Å². The summed E-state index contributed by atoms with van der Waals surface area (Å²) in [7, 11) is -3.86. The van der Waals surface area contributed by atoms with Crippen LogP contribution in [0.3, 0.4) is 0 Å². The lowest BCUT2D eigenvalue weighted by Gasteiger charge is -2.23. The lowest BCUT2D eigenvalue weighted by molar-refractivity contribution is -0.158. The number of carbonyl (C=O) groups excluding carboxylic acids is 2. The Morgan fingerprint density at radius 1 is 1.33 bits per heavy atom. The van der Waals surface area contributed by atoms with Crippen molar-refractivity contribution in [2.24, 2.45) is 11.3 Å². The van der Waals surface area contributed by atoms with Gasteiger partial charge in [0.1, 0.15) is 5.60 Å². The van der Waals surface area contributed by atoms with Gasteiger partial charge in [0, 0.05) is 13.1 Å². The molecule has 2 rings (SSSR count).